The summed E-state index contributed by atoms with van der Waals surface area (Å²) < 4.78 is 0. The van der Waals surface area contributed by atoms with Crippen LogP contribution in [-0.4, -0.2) is 22.7 Å². The normalized spacial score (nSPS) is 18.0. The third kappa shape index (κ3) is 4.65. The number of phenolic OH excluding ortho intramolecular Hbond substituents is 1. The van der Waals surface area contributed by atoms with Crippen LogP contribution in [0, 0.1) is 5.92 Å². The Balaban J connectivity index is 1.78. The van der Waals surface area contributed by atoms with Gasteiger partial charge in [0.15, 0.2) is 0 Å². The van der Waals surface area contributed by atoms with E-state index in [9.17, 15) is 9.90 Å². The summed E-state index contributed by atoms with van der Waals surface area (Å²) in [5.74, 6) is -0.0553. The number of hydrogen-bond acceptors (Lipinski definition) is 3. The molecule has 0 amide bonds. The van der Waals surface area contributed by atoms with Crippen molar-refractivity contribution >= 4 is 17.7 Å². The Kier molecular flexibility index (Phi) is 6.28. The zero-order chi connectivity index (χ0) is 23.6. The van der Waals surface area contributed by atoms with Crippen LogP contribution in [0.25, 0.3) is 6.08 Å². The number of hydrogen-bond donors (Lipinski definition) is 2. The summed E-state index contributed by atoms with van der Waals surface area (Å²) in [6.07, 6.45) is 4.67. The van der Waals surface area contributed by atoms with E-state index in [-0.39, 0.29) is 5.75 Å². The smallest absolute Gasteiger partial charge is 0.328 e. The van der Waals surface area contributed by atoms with Crippen LogP contribution in [0.5, 0.6) is 5.75 Å². The molecule has 3 aromatic rings. The van der Waals surface area contributed by atoms with Gasteiger partial charge >= 0.3 is 5.97 Å². The van der Waals surface area contributed by atoms with Crippen molar-refractivity contribution in [2.24, 2.45) is 5.92 Å². The number of benzene rings is 3. The van der Waals surface area contributed by atoms with Crippen molar-refractivity contribution in [2.75, 3.05) is 11.4 Å². The molecule has 1 atom stereocenters. The lowest BCUT2D eigenvalue weighted by Crippen LogP contribution is -2.49. The van der Waals surface area contributed by atoms with Crippen LogP contribution < -0.4 is 4.90 Å². The summed E-state index contributed by atoms with van der Waals surface area (Å²) in [5, 5.41) is 19.0. The van der Waals surface area contributed by atoms with Crippen LogP contribution in [-0.2, 0) is 23.2 Å². The number of nitrogens with zero attached hydrogens (tertiary/aromatic N) is 1. The summed E-state index contributed by atoms with van der Waals surface area (Å²) in [7, 11) is 0. The zero-order valence-corrected chi connectivity index (χ0v) is 19.5. The molecular formula is C29H31NO3. The fourth-order valence-corrected chi connectivity index (χ4v) is 4.93. The molecule has 1 aliphatic heterocycles. The summed E-state index contributed by atoms with van der Waals surface area (Å²) in [5.41, 5.74) is 6.36. The van der Waals surface area contributed by atoms with Crippen molar-refractivity contribution in [3.8, 4) is 5.75 Å². The Morgan fingerprint density at radius 2 is 1.76 bits per heavy atom. The molecule has 0 radical (unpaired) electrons. The SMILES string of the molecule is CC(C)Cc1ccc(N2CCc3cc(O)ccc3C2(C)c2ccc(C=CC(=O)O)cc2)cc1. The largest absolute Gasteiger partial charge is 0.508 e. The average molecular weight is 442 g/mol. The first-order valence-electron chi connectivity index (χ1n) is 11.5. The van der Waals surface area contributed by atoms with Gasteiger partial charge in [0.1, 0.15) is 5.75 Å². The molecule has 1 aliphatic rings. The van der Waals surface area contributed by atoms with Gasteiger partial charge in [-0.25, -0.2) is 4.79 Å². The van der Waals surface area contributed by atoms with Crippen LogP contribution >= 0.6 is 0 Å². The number of aliphatic carboxylic acids is 1. The Hall–Kier alpha value is -3.53. The molecule has 4 nitrogen and oxygen atoms in total. The molecule has 0 spiro atoms. The van der Waals surface area contributed by atoms with Gasteiger partial charge in [-0.1, -0.05) is 56.3 Å². The molecule has 2 N–H and O–H groups in total. The Bertz CT molecular complexity index is 1160. The number of carbonyl (C=O) groups is 1. The molecule has 1 heterocycles. The number of anilines is 1. The van der Waals surface area contributed by atoms with Gasteiger partial charge in [-0.15, -0.1) is 0 Å². The van der Waals surface area contributed by atoms with Crippen molar-refractivity contribution in [1.29, 1.82) is 0 Å². The van der Waals surface area contributed by atoms with E-state index in [2.05, 4.69) is 62.1 Å². The first-order chi connectivity index (χ1) is 15.8. The predicted molar refractivity (Wildman–Crippen MR) is 134 cm³/mol. The molecule has 0 aromatic heterocycles. The second kappa shape index (κ2) is 9.14. The summed E-state index contributed by atoms with van der Waals surface area (Å²) in [4.78, 5) is 13.3. The lowest BCUT2D eigenvalue weighted by atomic mass is 9.76. The lowest BCUT2D eigenvalue weighted by Gasteiger charge is -2.48. The highest BCUT2D eigenvalue weighted by Gasteiger charge is 2.40. The fraction of sp³-hybridized carbons (Fsp3) is 0.276. The number of aromatic hydroxyl groups is 1. The third-order valence-corrected chi connectivity index (χ3v) is 6.54. The Labute approximate surface area is 195 Å². The fourth-order valence-electron chi connectivity index (χ4n) is 4.93. The molecule has 0 saturated carbocycles. The minimum atomic E-state index is -0.959. The number of carboxylic acids is 1. The molecule has 170 valence electrons. The first kappa shape index (κ1) is 22.7. The number of fused-ring (bicyclic) bond motifs is 1. The van der Waals surface area contributed by atoms with Crippen LogP contribution in [0.15, 0.2) is 72.8 Å². The van der Waals surface area contributed by atoms with Crippen LogP contribution in [0.3, 0.4) is 0 Å². The number of carboxylic acid groups (broad SMARTS) is 1. The molecule has 1 unspecified atom stereocenters. The molecular weight excluding hydrogens is 410 g/mol. The van der Waals surface area contributed by atoms with Crippen LogP contribution in [0.1, 0.15) is 48.6 Å². The van der Waals surface area contributed by atoms with Crippen molar-refractivity contribution < 1.29 is 15.0 Å². The summed E-state index contributed by atoms with van der Waals surface area (Å²) in [6, 6.07) is 22.6. The molecule has 0 saturated heterocycles. The second-order valence-corrected chi connectivity index (χ2v) is 9.37. The van der Waals surface area contributed by atoms with E-state index in [1.807, 2.05) is 24.3 Å². The molecule has 0 fully saturated rings. The zero-order valence-electron chi connectivity index (χ0n) is 19.5. The standard InChI is InChI=1S/C29H31NO3/c1-20(2)18-22-6-11-25(12-7-22)30-17-16-23-19-26(31)13-14-27(23)29(30,3)24-9-4-21(5-10-24)8-15-28(32)33/h4-15,19-20,31H,16-18H2,1-3H3,(H,32,33). The molecule has 4 heteroatoms. The highest BCUT2D eigenvalue weighted by molar-refractivity contribution is 5.85. The van der Waals surface area contributed by atoms with Gasteiger partial charge in [0.25, 0.3) is 0 Å². The quantitative estimate of drug-likeness (QED) is 0.460. The van der Waals surface area contributed by atoms with Gasteiger partial charge in [-0.3, -0.25) is 0 Å². The molecule has 0 aliphatic carbocycles. The van der Waals surface area contributed by atoms with E-state index in [1.165, 1.54) is 16.8 Å². The van der Waals surface area contributed by atoms with Crippen LogP contribution in [0.4, 0.5) is 5.69 Å². The highest BCUT2D eigenvalue weighted by Crippen LogP contribution is 2.44. The minimum Gasteiger partial charge on any atom is -0.508 e. The van der Waals surface area contributed by atoms with E-state index in [0.29, 0.717) is 5.92 Å². The third-order valence-electron chi connectivity index (χ3n) is 6.54. The van der Waals surface area contributed by atoms with E-state index >= 15 is 0 Å². The number of phenols is 1. The number of rotatable bonds is 6. The van der Waals surface area contributed by atoms with Crippen LogP contribution in [0.2, 0.25) is 0 Å². The van der Waals surface area contributed by atoms with Gasteiger partial charge in [-0.05, 0) is 83.8 Å². The molecule has 0 bridgehead atoms. The maximum atomic E-state index is 10.9. The Morgan fingerprint density at radius 3 is 2.39 bits per heavy atom. The predicted octanol–water partition coefficient (Wildman–Crippen LogP) is 6.01. The first-order valence-corrected chi connectivity index (χ1v) is 11.5. The maximum Gasteiger partial charge on any atom is 0.328 e. The van der Waals surface area contributed by atoms with Crippen molar-refractivity contribution in [1.82, 2.24) is 0 Å². The van der Waals surface area contributed by atoms with Gasteiger partial charge in [-0.2, -0.15) is 0 Å². The van der Waals surface area contributed by atoms with Gasteiger partial charge in [0.2, 0.25) is 0 Å². The van der Waals surface area contributed by atoms with Crippen molar-refractivity contribution in [3.63, 3.8) is 0 Å². The van der Waals surface area contributed by atoms with Gasteiger partial charge in [0, 0.05) is 18.3 Å². The molecule has 33 heavy (non-hydrogen) atoms. The van der Waals surface area contributed by atoms with Crippen molar-refractivity contribution in [3.05, 3.63) is 101 Å². The van der Waals surface area contributed by atoms with E-state index in [4.69, 9.17) is 5.11 Å². The lowest BCUT2D eigenvalue weighted by molar-refractivity contribution is -0.131. The van der Waals surface area contributed by atoms with E-state index in [1.54, 1.807) is 12.1 Å². The summed E-state index contributed by atoms with van der Waals surface area (Å²) >= 11 is 0. The van der Waals surface area contributed by atoms with Gasteiger partial charge < -0.3 is 15.1 Å². The highest BCUT2D eigenvalue weighted by atomic mass is 16.4. The maximum absolute atomic E-state index is 10.9. The van der Waals surface area contributed by atoms with E-state index < -0.39 is 11.5 Å². The monoisotopic (exact) mass is 441 g/mol. The summed E-state index contributed by atoms with van der Waals surface area (Å²) in [6.45, 7) is 7.53. The second-order valence-electron chi connectivity index (χ2n) is 9.37. The molecule has 3 aromatic carbocycles. The average Bonchev–Trinajstić information content (AvgIpc) is 2.78. The van der Waals surface area contributed by atoms with Gasteiger partial charge in [0.05, 0.1) is 5.54 Å². The van der Waals surface area contributed by atoms with E-state index in [0.717, 1.165) is 42.2 Å². The van der Waals surface area contributed by atoms with Crippen molar-refractivity contribution in [2.45, 2.75) is 39.2 Å². The minimum absolute atomic E-state index is 0.289. The molecule has 4 rings (SSSR count). The topological polar surface area (TPSA) is 60.8 Å². The Morgan fingerprint density at radius 1 is 1.06 bits per heavy atom.